The third-order valence-electron chi connectivity index (χ3n) is 3.33. The lowest BCUT2D eigenvalue weighted by molar-refractivity contribution is 0.296. The molecule has 0 heterocycles. The molecule has 4 nitrogen and oxygen atoms in total. The fraction of sp³-hybridized carbons (Fsp3) is 0.471. The molecular formula is C17H28N4. The van der Waals surface area contributed by atoms with Crippen molar-refractivity contribution in [1.82, 2.24) is 10.2 Å². The zero-order valence-electron chi connectivity index (χ0n) is 13.5. The number of rotatable bonds is 8. The lowest BCUT2D eigenvalue weighted by atomic mass is 10.1. The van der Waals surface area contributed by atoms with Crippen molar-refractivity contribution in [2.45, 2.75) is 33.9 Å². The second-order valence-corrected chi connectivity index (χ2v) is 5.29. The van der Waals surface area contributed by atoms with Crippen LogP contribution < -0.4 is 11.1 Å². The second kappa shape index (κ2) is 9.19. The monoisotopic (exact) mass is 288 g/mol. The van der Waals surface area contributed by atoms with Crippen LogP contribution in [-0.4, -0.2) is 30.5 Å². The van der Waals surface area contributed by atoms with E-state index in [1.807, 2.05) is 6.92 Å². The quantitative estimate of drug-likeness (QED) is 0.439. The molecule has 0 bridgehead atoms. The summed E-state index contributed by atoms with van der Waals surface area (Å²) in [7, 11) is 0. The number of nitrogens with zero attached hydrogens (tertiary/aromatic N) is 2. The van der Waals surface area contributed by atoms with Crippen LogP contribution in [-0.2, 0) is 13.1 Å². The summed E-state index contributed by atoms with van der Waals surface area (Å²) in [6.45, 7) is 14.6. The Morgan fingerprint density at radius 1 is 1.19 bits per heavy atom. The molecule has 0 saturated heterocycles. The molecule has 0 saturated carbocycles. The number of nitrogens with two attached hydrogens (primary N) is 1. The highest BCUT2D eigenvalue weighted by Gasteiger charge is 2.01. The third-order valence-corrected chi connectivity index (χ3v) is 3.33. The van der Waals surface area contributed by atoms with Crippen molar-refractivity contribution in [3.63, 3.8) is 0 Å². The number of guanidine groups is 1. The topological polar surface area (TPSA) is 53.6 Å². The maximum Gasteiger partial charge on any atom is 0.189 e. The van der Waals surface area contributed by atoms with Crippen molar-refractivity contribution in [1.29, 1.82) is 0 Å². The van der Waals surface area contributed by atoms with Crippen LogP contribution in [0.1, 0.15) is 31.9 Å². The minimum Gasteiger partial charge on any atom is -0.370 e. The van der Waals surface area contributed by atoms with Gasteiger partial charge in [0.05, 0.1) is 6.54 Å². The van der Waals surface area contributed by atoms with Crippen LogP contribution in [0.5, 0.6) is 0 Å². The van der Waals surface area contributed by atoms with Gasteiger partial charge in [-0.05, 0) is 31.1 Å². The summed E-state index contributed by atoms with van der Waals surface area (Å²) in [5, 5.41) is 3.03. The van der Waals surface area contributed by atoms with Crippen molar-refractivity contribution in [2.24, 2.45) is 10.7 Å². The highest BCUT2D eigenvalue weighted by Crippen LogP contribution is 2.08. The van der Waals surface area contributed by atoms with Crippen LogP contribution in [0.15, 0.2) is 41.4 Å². The molecule has 1 aromatic rings. The lowest BCUT2D eigenvalue weighted by Gasteiger charge is -2.17. The van der Waals surface area contributed by atoms with E-state index in [9.17, 15) is 0 Å². The molecule has 4 heteroatoms. The van der Waals surface area contributed by atoms with Crippen LogP contribution in [0.25, 0.3) is 0 Å². The number of nitrogens with one attached hydrogen (secondary N) is 1. The van der Waals surface area contributed by atoms with Crippen molar-refractivity contribution in [3.8, 4) is 0 Å². The van der Waals surface area contributed by atoms with Crippen LogP contribution in [0.4, 0.5) is 0 Å². The van der Waals surface area contributed by atoms with Crippen molar-refractivity contribution >= 4 is 5.96 Å². The van der Waals surface area contributed by atoms with Gasteiger partial charge < -0.3 is 11.1 Å². The summed E-state index contributed by atoms with van der Waals surface area (Å²) >= 11 is 0. The van der Waals surface area contributed by atoms with Crippen LogP contribution in [0.2, 0.25) is 0 Å². The van der Waals surface area contributed by atoms with Crippen molar-refractivity contribution < 1.29 is 0 Å². The van der Waals surface area contributed by atoms with Crippen LogP contribution in [0, 0.1) is 0 Å². The van der Waals surface area contributed by atoms with Gasteiger partial charge in [-0.1, -0.05) is 50.3 Å². The van der Waals surface area contributed by atoms with E-state index in [-0.39, 0.29) is 0 Å². The van der Waals surface area contributed by atoms with Gasteiger partial charge in [-0.15, -0.1) is 0 Å². The molecule has 21 heavy (non-hydrogen) atoms. The Morgan fingerprint density at radius 2 is 1.76 bits per heavy atom. The summed E-state index contributed by atoms with van der Waals surface area (Å²) in [6, 6.07) is 8.57. The SMILES string of the molecule is C=C(C)CNC(N)=NCc1ccc(CN(CC)CC)cc1. The standard InChI is InChI=1S/C17H28N4/c1-5-21(6-2)13-16-9-7-15(8-10-16)12-20-17(18)19-11-14(3)4/h7-10H,3,5-6,11-13H2,1-2,4H3,(H3,18,19,20). The van der Waals surface area contributed by atoms with E-state index in [1.165, 1.54) is 11.1 Å². The second-order valence-electron chi connectivity index (χ2n) is 5.29. The van der Waals surface area contributed by atoms with Gasteiger partial charge in [-0.3, -0.25) is 4.90 Å². The molecule has 0 amide bonds. The maximum absolute atomic E-state index is 5.79. The molecule has 0 fully saturated rings. The summed E-state index contributed by atoms with van der Waals surface area (Å²) in [5.41, 5.74) is 9.33. The normalized spacial score (nSPS) is 11.7. The molecule has 1 rings (SSSR count). The fourth-order valence-electron chi connectivity index (χ4n) is 1.93. The van der Waals surface area contributed by atoms with E-state index < -0.39 is 0 Å². The van der Waals surface area contributed by atoms with Gasteiger partial charge in [0, 0.05) is 13.1 Å². The van der Waals surface area contributed by atoms with E-state index >= 15 is 0 Å². The average Bonchev–Trinajstić information content (AvgIpc) is 2.49. The van der Waals surface area contributed by atoms with Gasteiger partial charge >= 0.3 is 0 Å². The third kappa shape index (κ3) is 6.95. The highest BCUT2D eigenvalue weighted by atomic mass is 15.1. The Balaban J connectivity index is 2.50. The van der Waals surface area contributed by atoms with E-state index in [2.05, 4.69) is 59.9 Å². The fourth-order valence-corrected chi connectivity index (χ4v) is 1.93. The molecule has 0 atom stereocenters. The van der Waals surface area contributed by atoms with Crippen molar-refractivity contribution in [2.75, 3.05) is 19.6 Å². The zero-order valence-corrected chi connectivity index (χ0v) is 13.5. The molecule has 0 radical (unpaired) electrons. The number of hydrogen-bond donors (Lipinski definition) is 2. The van der Waals surface area contributed by atoms with E-state index in [4.69, 9.17) is 5.73 Å². The van der Waals surface area contributed by atoms with Crippen LogP contribution in [0.3, 0.4) is 0 Å². The smallest absolute Gasteiger partial charge is 0.189 e. The lowest BCUT2D eigenvalue weighted by Crippen LogP contribution is -2.32. The zero-order chi connectivity index (χ0) is 15.7. The van der Waals surface area contributed by atoms with Gasteiger partial charge in [0.2, 0.25) is 0 Å². The molecule has 0 spiro atoms. The number of aliphatic imine (C=N–C) groups is 1. The minimum absolute atomic E-state index is 0.463. The molecular weight excluding hydrogens is 260 g/mol. The first-order valence-corrected chi connectivity index (χ1v) is 7.53. The molecule has 1 aromatic carbocycles. The van der Waals surface area contributed by atoms with Gasteiger partial charge in [0.1, 0.15) is 0 Å². The maximum atomic E-state index is 5.79. The molecule has 0 aliphatic rings. The van der Waals surface area contributed by atoms with Crippen LogP contribution >= 0.6 is 0 Å². The van der Waals surface area contributed by atoms with Gasteiger partial charge in [-0.2, -0.15) is 0 Å². The Labute approximate surface area is 128 Å². The first-order chi connectivity index (χ1) is 10.0. The highest BCUT2D eigenvalue weighted by molar-refractivity contribution is 5.78. The predicted octanol–water partition coefficient (Wildman–Crippen LogP) is 2.51. The molecule has 116 valence electrons. The predicted molar refractivity (Wildman–Crippen MR) is 91.2 cm³/mol. The number of benzene rings is 1. The first kappa shape index (κ1) is 17.2. The minimum atomic E-state index is 0.463. The molecule has 0 unspecified atom stereocenters. The Bertz CT molecular complexity index is 458. The Morgan fingerprint density at radius 3 is 2.29 bits per heavy atom. The Kier molecular flexibility index (Phi) is 7.54. The van der Waals surface area contributed by atoms with Gasteiger partial charge in [-0.25, -0.2) is 4.99 Å². The van der Waals surface area contributed by atoms with Crippen molar-refractivity contribution in [3.05, 3.63) is 47.5 Å². The average molecular weight is 288 g/mol. The first-order valence-electron chi connectivity index (χ1n) is 7.53. The summed E-state index contributed by atoms with van der Waals surface area (Å²) < 4.78 is 0. The Hall–Kier alpha value is -1.81. The number of hydrogen-bond acceptors (Lipinski definition) is 2. The largest absolute Gasteiger partial charge is 0.370 e. The molecule has 0 aliphatic heterocycles. The van der Waals surface area contributed by atoms with E-state index in [0.29, 0.717) is 19.0 Å². The van der Waals surface area contributed by atoms with Gasteiger partial charge in [0.25, 0.3) is 0 Å². The molecule has 0 aromatic heterocycles. The van der Waals surface area contributed by atoms with E-state index in [0.717, 1.165) is 25.2 Å². The molecule has 0 aliphatic carbocycles. The van der Waals surface area contributed by atoms with Gasteiger partial charge in [0.15, 0.2) is 5.96 Å². The summed E-state index contributed by atoms with van der Waals surface area (Å²) in [4.78, 5) is 6.72. The summed E-state index contributed by atoms with van der Waals surface area (Å²) in [5.74, 6) is 0.463. The summed E-state index contributed by atoms with van der Waals surface area (Å²) in [6.07, 6.45) is 0. The molecule has 3 N–H and O–H groups in total. The van der Waals surface area contributed by atoms with E-state index in [1.54, 1.807) is 0 Å².